The molecule has 0 aliphatic carbocycles. The van der Waals surface area contributed by atoms with E-state index in [1.165, 1.54) is 11.8 Å². The molecule has 9 nitrogen and oxygen atoms in total. The fraction of sp³-hybridized carbons (Fsp3) is 0.500. The molecule has 208 valence electrons. The highest BCUT2D eigenvalue weighted by molar-refractivity contribution is 5.96. The van der Waals surface area contributed by atoms with Crippen molar-refractivity contribution >= 4 is 34.6 Å². The van der Waals surface area contributed by atoms with Crippen molar-refractivity contribution in [3.63, 3.8) is 0 Å². The number of carbonyl (C=O) groups excluding carboxylic acids is 1. The van der Waals surface area contributed by atoms with Crippen LogP contribution in [0.4, 0.5) is 35.0 Å². The molecule has 5 rings (SSSR count). The minimum atomic E-state index is -4.19. The summed E-state index contributed by atoms with van der Waals surface area (Å²) in [7, 11) is 1.72. The summed E-state index contributed by atoms with van der Waals surface area (Å²) in [6, 6.07) is 4.96. The van der Waals surface area contributed by atoms with E-state index in [4.69, 9.17) is 4.98 Å². The van der Waals surface area contributed by atoms with Crippen molar-refractivity contribution in [3.05, 3.63) is 30.1 Å². The number of nitrogens with one attached hydrogen (secondary N) is 2. The zero-order chi connectivity index (χ0) is 27.9. The van der Waals surface area contributed by atoms with E-state index >= 15 is 0 Å². The van der Waals surface area contributed by atoms with Gasteiger partial charge < -0.3 is 15.5 Å². The number of amides is 1. The Morgan fingerprint density at radius 2 is 2.00 bits per heavy atom. The highest BCUT2D eigenvalue weighted by atomic mass is 19.4. The second-order valence-electron chi connectivity index (χ2n) is 9.99. The summed E-state index contributed by atoms with van der Waals surface area (Å²) >= 11 is 0. The molecule has 0 saturated carbocycles. The molecule has 0 bridgehead atoms. The number of anilines is 2. The van der Waals surface area contributed by atoms with Crippen LogP contribution in [-0.2, 0) is 4.79 Å². The van der Waals surface area contributed by atoms with Crippen LogP contribution >= 0.6 is 0 Å². The average Bonchev–Trinajstić information content (AvgIpc) is 3.44. The van der Waals surface area contributed by atoms with Gasteiger partial charge in [0.05, 0.1) is 29.7 Å². The summed E-state index contributed by atoms with van der Waals surface area (Å²) in [5.74, 6) is 0.324. The van der Waals surface area contributed by atoms with Gasteiger partial charge in [-0.25, -0.2) is 13.9 Å². The molecule has 1 amide bonds. The molecular weight excluding hydrogens is 516 g/mol. The first kappa shape index (κ1) is 26.8. The Bertz CT molecular complexity index is 1420. The molecule has 0 spiro atoms. The Morgan fingerprint density at radius 1 is 1.21 bits per heavy atom. The summed E-state index contributed by atoms with van der Waals surface area (Å²) in [4.78, 5) is 27.0. The number of hydrogen-bond donors (Lipinski definition) is 2. The number of carbonyl (C=O) groups is 1. The molecule has 1 fully saturated rings. The maximum atomic E-state index is 14.8. The molecule has 13 heteroatoms. The highest BCUT2D eigenvalue weighted by Gasteiger charge is 2.32. The second-order valence-corrected chi connectivity index (χ2v) is 9.99. The zero-order valence-electron chi connectivity index (χ0n) is 21.9. The van der Waals surface area contributed by atoms with Crippen LogP contribution in [0, 0.1) is 0 Å². The quantitative estimate of drug-likeness (QED) is 0.399. The number of fused-ring (bicyclic) bond motifs is 2. The number of likely N-dealkylation sites (tertiary alicyclic amines) is 1. The highest BCUT2D eigenvalue weighted by Crippen LogP contribution is 2.40. The summed E-state index contributed by atoms with van der Waals surface area (Å²) in [5, 5.41) is 10.7. The smallest absolute Gasteiger partial charge is 0.371 e. The summed E-state index contributed by atoms with van der Waals surface area (Å²) in [6.45, 7) is 3.72. The minimum Gasteiger partial charge on any atom is -0.371 e. The van der Waals surface area contributed by atoms with Gasteiger partial charge in [-0.05, 0) is 44.4 Å². The number of halogens is 4. The van der Waals surface area contributed by atoms with E-state index < -0.39 is 24.8 Å². The second kappa shape index (κ2) is 10.4. The zero-order valence-corrected chi connectivity index (χ0v) is 21.9. The number of aliphatic imine (C=N–C) groups is 1. The van der Waals surface area contributed by atoms with Crippen molar-refractivity contribution in [2.24, 2.45) is 4.99 Å². The van der Waals surface area contributed by atoms with Crippen LogP contribution in [-0.4, -0.2) is 74.6 Å². The number of alkyl halides is 4. The van der Waals surface area contributed by atoms with E-state index in [1.807, 2.05) is 25.1 Å². The topological polar surface area (TPSA) is 99.8 Å². The molecule has 3 aromatic heterocycles. The standard InChI is InChI=1S/C26H30F4N8O/c1-14-16(5-4-10-26(28,29)30)22-21(32-14)7-6-19(33-22)17-8-12-38-23(17)24(31-3)35-25(36-38)34-20-9-11-37(15(2)39)13-18(20)27/h6-8,12,16,18,20H,4-5,9-11,13H2,1-3H3,(H2,31,34,35,36)/t16?,18-,20+/m1/s1. The lowest BCUT2D eigenvalue weighted by atomic mass is 9.94. The van der Waals surface area contributed by atoms with Crippen molar-refractivity contribution in [2.45, 2.75) is 63.8 Å². The number of piperidine rings is 1. The molecule has 2 N–H and O–H groups in total. The van der Waals surface area contributed by atoms with Gasteiger partial charge in [-0.3, -0.25) is 9.79 Å². The summed E-state index contributed by atoms with van der Waals surface area (Å²) in [6.07, 6.45) is -3.79. The molecule has 0 radical (unpaired) electrons. The lowest BCUT2D eigenvalue weighted by molar-refractivity contribution is -0.135. The largest absolute Gasteiger partial charge is 0.389 e. The molecule has 0 aromatic carbocycles. The SMILES string of the molecule is CNc1nc(N[C@H]2CCN(C(C)=O)C[C@H]2F)nn2ccc(-c3ccc4c(n3)C(CCCC(F)(F)F)C(C)=N4)c12. The third-order valence-corrected chi connectivity index (χ3v) is 7.31. The van der Waals surface area contributed by atoms with Gasteiger partial charge in [0, 0.05) is 50.3 Å². The van der Waals surface area contributed by atoms with Crippen LogP contribution in [0.1, 0.15) is 51.1 Å². The van der Waals surface area contributed by atoms with Crippen molar-refractivity contribution < 1.29 is 22.4 Å². The molecule has 3 atom stereocenters. The normalized spacial score (nSPS) is 21.2. The number of nitrogens with zero attached hydrogens (tertiary/aromatic N) is 6. The minimum absolute atomic E-state index is 0.00255. The first-order valence-corrected chi connectivity index (χ1v) is 12.9. The molecule has 2 aliphatic heterocycles. The van der Waals surface area contributed by atoms with Crippen molar-refractivity contribution in [2.75, 3.05) is 30.8 Å². The number of rotatable bonds is 7. The first-order valence-electron chi connectivity index (χ1n) is 12.9. The molecule has 2 aliphatic rings. The molecular formula is C26H30F4N8O. The first-order chi connectivity index (χ1) is 18.5. The average molecular weight is 547 g/mol. The van der Waals surface area contributed by atoms with Crippen LogP contribution < -0.4 is 10.6 Å². The van der Waals surface area contributed by atoms with Gasteiger partial charge >= 0.3 is 6.18 Å². The number of pyridine rings is 1. The van der Waals surface area contributed by atoms with Crippen LogP contribution in [0.3, 0.4) is 0 Å². The maximum absolute atomic E-state index is 14.8. The van der Waals surface area contributed by atoms with Gasteiger partial charge in [0.15, 0.2) is 5.82 Å². The molecule has 39 heavy (non-hydrogen) atoms. The summed E-state index contributed by atoms with van der Waals surface area (Å²) in [5.41, 5.74) is 4.12. The molecule has 1 saturated heterocycles. The van der Waals surface area contributed by atoms with Crippen LogP contribution in [0.5, 0.6) is 0 Å². The van der Waals surface area contributed by atoms with Gasteiger partial charge in [0.2, 0.25) is 11.9 Å². The van der Waals surface area contributed by atoms with Crippen molar-refractivity contribution in [1.29, 1.82) is 0 Å². The Morgan fingerprint density at radius 3 is 2.69 bits per heavy atom. The lowest BCUT2D eigenvalue weighted by Gasteiger charge is -2.34. The van der Waals surface area contributed by atoms with E-state index in [0.717, 1.165) is 11.3 Å². The van der Waals surface area contributed by atoms with E-state index in [-0.39, 0.29) is 30.7 Å². The molecule has 1 unspecified atom stereocenters. The third kappa shape index (κ3) is 5.52. The van der Waals surface area contributed by atoms with Crippen molar-refractivity contribution in [3.8, 4) is 11.3 Å². The fourth-order valence-electron chi connectivity index (χ4n) is 5.27. The number of aromatic nitrogens is 4. The predicted molar refractivity (Wildman–Crippen MR) is 140 cm³/mol. The van der Waals surface area contributed by atoms with Crippen molar-refractivity contribution in [1.82, 2.24) is 24.5 Å². The van der Waals surface area contributed by atoms with E-state index in [2.05, 4.69) is 25.7 Å². The van der Waals surface area contributed by atoms with E-state index in [0.29, 0.717) is 47.8 Å². The van der Waals surface area contributed by atoms with Gasteiger partial charge in [-0.1, -0.05) is 0 Å². The van der Waals surface area contributed by atoms with Gasteiger partial charge in [-0.2, -0.15) is 18.2 Å². The monoisotopic (exact) mass is 546 g/mol. The molecule has 5 heterocycles. The Kier molecular flexibility index (Phi) is 7.17. The van der Waals surface area contributed by atoms with Crippen LogP contribution in [0.15, 0.2) is 29.4 Å². The van der Waals surface area contributed by atoms with Gasteiger partial charge in [-0.15, -0.1) is 5.10 Å². The predicted octanol–water partition coefficient (Wildman–Crippen LogP) is 5.13. The van der Waals surface area contributed by atoms with Crippen LogP contribution in [0.2, 0.25) is 0 Å². The van der Waals surface area contributed by atoms with E-state index in [1.54, 1.807) is 17.8 Å². The summed E-state index contributed by atoms with van der Waals surface area (Å²) < 4.78 is 54.5. The maximum Gasteiger partial charge on any atom is 0.389 e. The van der Waals surface area contributed by atoms with Crippen LogP contribution in [0.25, 0.3) is 16.8 Å². The fourth-order valence-corrected chi connectivity index (χ4v) is 5.27. The third-order valence-electron chi connectivity index (χ3n) is 7.31. The van der Waals surface area contributed by atoms with Gasteiger partial charge in [0.1, 0.15) is 11.7 Å². The lowest BCUT2D eigenvalue weighted by Crippen LogP contribution is -2.49. The Labute approximate surface area is 222 Å². The number of hydrogen-bond acceptors (Lipinski definition) is 7. The Hall–Kier alpha value is -3.77. The Balaban J connectivity index is 1.40. The molecule has 3 aromatic rings. The van der Waals surface area contributed by atoms with Gasteiger partial charge in [0.25, 0.3) is 0 Å². The van der Waals surface area contributed by atoms with E-state index in [9.17, 15) is 22.4 Å².